The van der Waals surface area contributed by atoms with Gasteiger partial charge in [-0.1, -0.05) is 18.2 Å². The zero-order valence-electron chi connectivity index (χ0n) is 22.3. The molecule has 2 aromatic rings. The van der Waals surface area contributed by atoms with E-state index >= 15 is 0 Å². The Morgan fingerprint density at radius 3 is 2.47 bits per heavy atom. The molecule has 2 N–H and O–H groups in total. The molecule has 2 aromatic carbocycles. The highest BCUT2D eigenvalue weighted by atomic mass is 32.2. The average Bonchev–Trinajstić information content (AvgIpc) is 3.25. The smallest absolute Gasteiger partial charge is 0.251 e. The summed E-state index contributed by atoms with van der Waals surface area (Å²) < 4.78 is 43.3. The van der Waals surface area contributed by atoms with Crippen LogP contribution in [0, 0.1) is 0 Å². The molecule has 0 radical (unpaired) electrons. The van der Waals surface area contributed by atoms with Gasteiger partial charge in [0.15, 0.2) is 15.4 Å². The zero-order valence-corrected chi connectivity index (χ0v) is 23.1. The minimum atomic E-state index is -3.64. The third kappa shape index (κ3) is 7.78. The van der Waals surface area contributed by atoms with Gasteiger partial charge < -0.3 is 24.6 Å². The van der Waals surface area contributed by atoms with Gasteiger partial charge in [0.25, 0.3) is 5.91 Å². The van der Waals surface area contributed by atoms with Gasteiger partial charge in [-0.05, 0) is 70.0 Å². The van der Waals surface area contributed by atoms with Crippen molar-refractivity contribution in [3.8, 4) is 5.75 Å². The van der Waals surface area contributed by atoms with Crippen LogP contribution in [0.5, 0.6) is 5.75 Å². The highest BCUT2D eigenvalue weighted by Gasteiger charge is 2.50. The van der Waals surface area contributed by atoms with Gasteiger partial charge in [-0.15, -0.1) is 0 Å². The standard InChI is InChI=1S/C28H38N2O7S/c1-21(2)35-18-7-16-29-27(32)28(15-20-38(33,34)25-9-5-4-6-10-25)22(3)37-26(30-28)23-11-13-24(14-12-23)36-19-8-17-31/h4-6,9-14,21-22,31H,7-8,15-20H2,1-3H3,(H,29,32)/t22-,28-/m1/s1. The molecular formula is C28H38N2O7S. The van der Waals surface area contributed by atoms with E-state index in [9.17, 15) is 13.2 Å². The van der Waals surface area contributed by atoms with Gasteiger partial charge in [-0.25, -0.2) is 13.4 Å². The van der Waals surface area contributed by atoms with Crippen molar-refractivity contribution in [1.82, 2.24) is 5.32 Å². The Bertz CT molecular complexity index is 1170. The number of carbonyl (C=O) groups is 1. The van der Waals surface area contributed by atoms with E-state index in [4.69, 9.17) is 24.3 Å². The van der Waals surface area contributed by atoms with Crippen LogP contribution in [0.1, 0.15) is 45.6 Å². The summed E-state index contributed by atoms with van der Waals surface area (Å²) in [6.07, 6.45) is 0.526. The molecule has 2 atom stereocenters. The number of amides is 1. The molecule has 1 heterocycles. The number of aliphatic hydroxyl groups excluding tert-OH is 1. The molecule has 10 heteroatoms. The Kier molecular flexibility index (Phi) is 10.7. The lowest BCUT2D eigenvalue weighted by Gasteiger charge is -2.28. The number of benzene rings is 2. The molecule has 1 aliphatic heterocycles. The summed E-state index contributed by atoms with van der Waals surface area (Å²) in [5.41, 5.74) is -0.760. The Morgan fingerprint density at radius 1 is 1.11 bits per heavy atom. The van der Waals surface area contributed by atoms with Crippen molar-refractivity contribution in [3.05, 3.63) is 60.2 Å². The van der Waals surface area contributed by atoms with Crippen molar-refractivity contribution >= 4 is 21.6 Å². The van der Waals surface area contributed by atoms with Gasteiger partial charge >= 0.3 is 0 Å². The summed E-state index contributed by atoms with van der Waals surface area (Å²) >= 11 is 0. The van der Waals surface area contributed by atoms with Gasteiger partial charge in [0, 0.05) is 31.7 Å². The van der Waals surface area contributed by atoms with E-state index in [0.717, 1.165) is 0 Å². The SMILES string of the molecule is CC(C)OCCCNC(=O)[C@]1(CCS(=O)(=O)c2ccccc2)N=C(c2ccc(OCCCO)cc2)O[C@@H]1C. The van der Waals surface area contributed by atoms with Gasteiger partial charge in [-0.2, -0.15) is 0 Å². The van der Waals surface area contributed by atoms with Crippen LogP contribution in [0.2, 0.25) is 0 Å². The van der Waals surface area contributed by atoms with Gasteiger partial charge in [0.2, 0.25) is 5.90 Å². The van der Waals surface area contributed by atoms with Crippen LogP contribution in [0.25, 0.3) is 0 Å². The number of ether oxygens (including phenoxy) is 3. The molecule has 1 aliphatic rings. The van der Waals surface area contributed by atoms with E-state index in [0.29, 0.717) is 43.9 Å². The molecule has 9 nitrogen and oxygen atoms in total. The first-order valence-corrected chi connectivity index (χ1v) is 14.6. The Labute approximate surface area is 225 Å². The number of nitrogens with one attached hydrogen (secondary N) is 1. The van der Waals surface area contributed by atoms with Crippen molar-refractivity contribution in [2.75, 3.05) is 32.1 Å². The lowest BCUT2D eigenvalue weighted by atomic mass is 9.90. The largest absolute Gasteiger partial charge is 0.494 e. The first kappa shape index (κ1) is 29.6. The van der Waals surface area contributed by atoms with Crippen molar-refractivity contribution in [1.29, 1.82) is 0 Å². The number of nitrogens with zero attached hydrogens (tertiary/aromatic N) is 1. The zero-order chi connectivity index (χ0) is 27.6. The maximum Gasteiger partial charge on any atom is 0.251 e. The van der Waals surface area contributed by atoms with Crippen LogP contribution in [0.4, 0.5) is 0 Å². The molecule has 0 fully saturated rings. The first-order valence-electron chi connectivity index (χ1n) is 13.0. The van der Waals surface area contributed by atoms with Crippen molar-refractivity contribution < 1.29 is 32.5 Å². The summed E-state index contributed by atoms with van der Waals surface area (Å²) in [5, 5.41) is 11.8. The van der Waals surface area contributed by atoms with Gasteiger partial charge in [-0.3, -0.25) is 4.79 Å². The van der Waals surface area contributed by atoms with Gasteiger partial charge in [0.05, 0.1) is 23.4 Å². The summed E-state index contributed by atoms with van der Waals surface area (Å²) in [6, 6.07) is 15.3. The van der Waals surface area contributed by atoms with Crippen LogP contribution < -0.4 is 10.1 Å². The third-order valence-corrected chi connectivity index (χ3v) is 7.97. The highest BCUT2D eigenvalue weighted by molar-refractivity contribution is 7.91. The lowest BCUT2D eigenvalue weighted by Crippen LogP contribution is -2.52. The predicted octanol–water partition coefficient (Wildman–Crippen LogP) is 3.15. The maximum absolute atomic E-state index is 13.5. The third-order valence-electron chi connectivity index (χ3n) is 6.24. The molecule has 0 bridgehead atoms. The van der Waals surface area contributed by atoms with E-state index in [-0.39, 0.29) is 41.6 Å². The summed E-state index contributed by atoms with van der Waals surface area (Å²) in [4.78, 5) is 18.4. The summed E-state index contributed by atoms with van der Waals surface area (Å²) in [5.74, 6) is 0.269. The van der Waals surface area contributed by atoms with Crippen LogP contribution in [-0.4, -0.2) is 75.2 Å². The Hall–Kier alpha value is -2.95. The molecule has 3 rings (SSSR count). The fourth-order valence-electron chi connectivity index (χ4n) is 4.03. The predicted molar refractivity (Wildman–Crippen MR) is 145 cm³/mol. The van der Waals surface area contributed by atoms with Crippen LogP contribution >= 0.6 is 0 Å². The lowest BCUT2D eigenvalue weighted by molar-refractivity contribution is -0.128. The van der Waals surface area contributed by atoms with Crippen LogP contribution in [-0.2, 0) is 24.1 Å². The molecule has 38 heavy (non-hydrogen) atoms. The number of aliphatic imine (C=N–C) groups is 1. The second-order valence-electron chi connectivity index (χ2n) is 9.46. The molecule has 0 aromatic heterocycles. The topological polar surface area (TPSA) is 124 Å². The number of hydrogen-bond acceptors (Lipinski definition) is 8. The molecule has 0 aliphatic carbocycles. The van der Waals surface area contributed by atoms with E-state index in [1.807, 2.05) is 13.8 Å². The molecule has 0 spiro atoms. The van der Waals surface area contributed by atoms with E-state index in [1.165, 1.54) is 0 Å². The number of carbonyl (C=O) groups excluding carboxylic acids is 1. The van der Waals surface area contributed by atoms with E-state index in [2.05, 4.69) is 5.32 Å². The van der Waals surface area contributed by atoms with E-state index < -0.39 is 21.5 Å². The van der Waals surface area contributed by atoms with Crippen LogP contribution in [0.3, 0.4) is 0 Å². The number of hydrogen-bond donors (Lipinski definition) is 2. The van der Waals surface area contributed by atoms with Crippen molar-refractivity contribution in [2.24, 2.45) is 4.99 Å². The molecule has 208 valence electrons. The van der Waals surface area contributed by atoms with E-state index in [1.54, 1.807) is 61.5 Å². The van der Waals surface area contributed by atoms with Crippen molar-refractivity contribution in [2.45, 2.75) is 62.7 Å². The second kappa shape index (κ2) is 13.7. The van der Waals surface area contributed by atoms with Crippen LogP contribution in [0.15, 0.2) is 64.5 Å². The molecular weight excluding hydrogens is 508 g/mol. The van der Waals surface area contributed by atoms with Gasteiger partial charge in [0.1, 0.15) is 11.9 Å². The summed E-state index contributed by atoms with van der Waals surface area (Å²) in [6.45, 7) is 6.95. The fraction of sp³-hybridized carbons (Fsp3) is 0.500. The monoisotopic (exact) mass is 546 g/mol. The molecule has 0 unspecified atom stereocenters. The quantitative estimate of drug-likeness (QED) is 0.329. The number of rotatable bonds is 15. The molecule has 0 saturated carbocycles. The molecule has 0 saturated heterocycles. The highest BCUT2D eigenvalue weighted by Crippen LogP contribution is 2.33. The first-order chi connectivity index (χ1) is 18.2. The average molecular weight is 547 g/mol. The minimum absolute atomic E-state index is 0.0361. The summed E-state index contributed by atoms with van der Waals surface area (Å²) in [7, 11) is -3.64. The normalized spacial score (nSPS) is 19.2. The number of sulfone groups is 1. The second-order valence-corrected chi connectivity index (χ2v) is 11.6. The fourth-order valence-corrected chi connectivity index (χ4v) is 5.42. The minimum Gasteiger partial charge on any atom is -0.494 e. The van der Waals surface area contributed by atoms with Crippen molar-refractivity contribution in [3.63, 3.8) is 0 Å². The molecule has 1 amide bonds. The maximum atomic E-state index is 13.5. The Balaban J connectivity index is 1.81. The number of aliphatic hydroxyl groups is 1. The Morgan fingerprint density at radius 2 is 1.82 bits per heavy atom.